The van der Waals surface area contributed by atoms with E-state index < -0.39 is 43.4 Å². The van der Waals surface area contributed by atoms with E-state index in [-0.39, 0.29) is 0 Å². The van der Waals surface area contributed by atoms with Gasteiger partial charge >= 0.3 is 0 Å². The molecule has 15 heavy (non-hydrogen) atoms. The lowest BCUT2D eigenvalue weighted by Crippen LogP contribution is -2.45. The first-order valence-corrected chi connectivity index (χ1v) is 4.85. The first-order valence-electron chi connectivity index (χ1n) is 4.85. The summed E-state index contributed by atoms with van der Waals surface area (Å²) in [5, 5.41) is 36.5. The maximum Gasteiger partial charge on any atom is 0.164 e. The molecule has 90 valence electrons. The molecule has 1 saturated heterocycles. The molecule has 1 fully saturated rings. The van der Waals surface area contributed by atoms with Crippen molar-refractivity contribution in [1.82, 2.24) is 0 Å². The summed E-state index contributed by atoms with van der Waals surface area (Å²) < 4.78 is 10.7. The van der Waals surface area contributed by atoms with Gasteiger partial charge in [-0.3, -0.25) is 0 Å². The van der Waals surface area contributed by atoms with Gasteiger partial charge in [0, 0.05) is 0 Å². The third-order valence-corrected chi connectivity index (χ3v) is 2.30. The van der Waals surface area contributed by atoms with Gasteiger partial charge in [0.25, 0.3) is 0 Å². The standard InChI is InChI=1S/C9H18O6/c1-9(2)14-7(5(12)3-10)8(15-9)6(13)4-11/h5-8,10-13H,3-4H2,1-2H3. The van der Waals surface area contributed by atoms with Crippen molar-refractivity contribution in [2.75, 3.05) is 13.2 Å². The molecule has 0 amide bonds. The molecular weight excluding hydrogens is 204 g/mol. The largest absolute Gasteiger partial charge is 0.394 e. The smallest absolute Gasteiger partial charge is 0.164 e. The van der Waals surface area contributed by atoms with Crippen LogP contribution in [-0.2, 0) is 9.47 Å². The molecule has 1 rings (SSSR count). The van der Waals surface area contributed by atoms with Crippen LogP contribution in [0.2, 0.25) is 0 Å². The van der Waals surface area contributed by atoms with Crippen molar-refractivity contribution in [3.63, 3.8) is 0 Å². The fourth-order valence-corrected chi connectivity index (χ4v) is 1.62. The zero-order chi connectivity index (χ0) is 11.6. The predicted molar refractivity (Wildman–Crippen MR) is 50.0 cm³/mol. The van der Waals surface area contributed by atoms with E-state index in [9.17, 15) is 10.2 Å². The average Bonchev–Trinajstić information content (AvgIpc) is 2.52. The molecule has 0 aromatic rings. The first kappa shape index (κ1) is 12.8. The van der Waals surface area contributed by atoms with Crippen LogP contribution in [0.15, 0.2) is 0 Å². The minimum Gasteiger partial charge on any atom is -0.394 e. The van der Waals surface area contributed by atoms with E-state index in [4.69, 9.17) is 19.7 Å². The third kappa shape index (κ3) is 2.87. The fraction of sp³-hybridized carbons (Fsp3) is 1.00. The molecule has 0 radical (unpaired) electrons. The van der Waals surface area contributed by atoms with E-state index in [1.54, 1.807) is 13.8 Å². The minimum atomic E-state index is -1.14. The third-order valence-electron chi connectivity index (χ3n) is 2.30. The molecule has 6 heteroatoms. The van der Waals surface area contributed by atoms with Gasteiger partial charge < -0.3 is 29.9 Å². The summed E-state index contributed by atoms with van der Waals surface area (Å²) in [6, 6.07) is 0. The Morgan fingerprint density at radius 3 is 1.60 bits per heavy atom. The number of hydrogen-bond donors (Lipinski definition) is 4. The maximum atomic E-state index is 9.46. The monoisotopic (exact) mass is 222 g/mol. The summed E-state index contributed by atoms with van der Waals surface area (Å²) in [7, 11) is 0. The van der Waals surface area contributed by atoms with E-state index >= 15 is 0 Å². The highest BCUT2D eigenvalue weighted by atomic mass is 16.8. The molecule has 0 aromatic heterocycles. The molecular formula is C9H18O6. The van der Waals surface area contributed by atoms with Crippen LogP contribution < -0.4 is 0 Å². The van der Waals surface area contributed by atoms with Gasteiger partial charge in [0.1, 0.15) is 24.4 Å². The summed E-state index contributed by atoms with van der Waals surface area (Å²) in [5.74, 6) is -0.943. The van der Waals surface area contributed by atoms with Gasteiger partial charge in [0.2, 0.25) is 0 Å². The molecule has 6 nitrogen and oxygen atoms in total. The summed E-state index contributed by atoms with van der Waals surface area (Å²) in [4.78, 5) is 0. The topological polar surface area (TPSA) is 99.4 Å². The van der Waals surface area contributed by atoms with Crippen molar-refractivity contribution < 1.29 is 29.9 Å². The minimum absolute atomic E-state index is 0.487. The average molecular weight is 222 g/mol. The van der Waals surface area contributed by atoms with Crippen molar-refractivity contribution in [3.8, 4) is 0 Å². The predicted octanol–water partition coefficient (Wildman–Crippen LogP) is -1.79. The normalized spacial score (nSPS) is 34.0. The fourth-order valence-electron chi connectivity index (χ4n) is 1.62. The number of hydrogen-bond acceptors (Lipinski definition) is 6. The number of ether oxygens (including phenoxy) is 2. The summed E-state index contributed by atoms with van der Waals surface area (Å²) in [5.41, 5.74) is 0. The molecule has 0 saturated carbocycles. The molecule has 4 N–H and O–H groups in total. The van der Waals surface area contributed by atoms with Gasteiger partial charge in [-0.1, -0.05) is 0 Å². The lowest BCUT2D eigenvalue weighted by molar-refractivity contribution is -0.163. The second-order valence-corrected chi connectivity index (χ2v) is 4.06. The highest BCUT2D eigenvalue weighted by molar-refractivity contribution is 4.90. The van der Waals surface area contributed by atoms with Crippen LogP contribution in [0.3, 0.4) is 0 Å². The van der Waals surface area contributed by atoms with Crippen molar-refractivity contribution in [1.29, 1.82) is 0 Å². The van der Waals surface area contributed by atoms with Crippen LogP contribution in [0, 0.1) is 0 Å². The molecule has 0 bridgehead atoms. The van der Waals surface area contributed by atoms with Gasteiger partial charge in [0.15, 0.2) is 5.79 Å². The summed E-state index contributed by atoms with van der Waals surface area (Å²) >= 11 is 0. The summed E-state index contributed by atoms with van der Waals surface area (Å²) in [6.07, 6.45) is -3.96. The van der Waals surface area contributed by atoms with Crippen molar-refractivity contribution in [2.45, 2.75) is 44.1 Å². The Morgan fingerprint density at radius 2 is 1.33 bits per heavy atom. The van der Waals surface area contributed by atoms with Crippen LogP contribution in [-0.4, -0.2) is 63.8 Å². The Morgan fingerprint density at radius 1 is 1.00 bits per heavy atom. The molecule has 0 aliphatic carbocycles. The van der Waals surface area contributed by atoms with Gasteiger partial charge in [-0.25, -0.2) is 0 Å². The van der Waals surface area contributed by atoms with Gasteiger partial charge in [-0.05, 0) is 13.8 Å². The lowest BCUT2D eigenvalue weighted by Gasteiger charge is -2.23. The van der Waals surface area contributed by atoms with E-state index in [1.807, 2.05) is 0 Å². The highest BCUT2D eigenvalue weighted by Crippen LogP contribution is 2.31. The number of rotatable bonds is 4. The Balaban J connectivity index is 2.74. The van der Waals surface area contributed by atoms with E-state index in [0.717, 1.165) is 0 Å². The zero-order valence-corrected chi connectivity index (χ0v) is 8.83. The second-order valence-electron chi connectivity index (χ2n) is 4.06. The number of aliphatic hydroxyl groups excluding tert-OH is 4. The Labute approximate surface area is 88.1 Å². The van der Waals surface area contributed by atoms with Crippen LogP contribution in [0.4, 0.5) is 0 Å². The maximum absolute atomic E-state index is 9.46. The van der Waals surface area contributed by atoms with E-state index in [2.05, 4.69) is 0 Å². The first-order chi connectivity index (χ1) is 6.91. The molecule has 4 unspecified atom stereocenters. The van der Waals surface area contributed by atoms with Crippen LogP contribution in [0.1, 0.15) is 13.8 Å². The van der Waals surface area contributed by atoms with Crippen LogP contribution >= 0.6 is 0 Å². The van der Waals surface area contributed by atoms with Crippen molar-refractivity contribution in [3.05, 3.63) is 0 Å². The SMILES string of the molecule is CC1(C)OC(C(O)CO)C(C(O)CO)O1. The quantitative estimate of drug-likeness (QED) is 0.448. The van der Waals surface area contributed by atoms with Crippen molar-refractivity contribution >= 4 is 0 Å². The molecule has 1 aliphatic heterocycles. The molecule has 4 atom stereocenters. The second kappa shape index (κ2) is 4.73. The number of aliphatic hydroxyl groups is 4. The van der Waals surface area contributed by atoms with Crippen molar-refractivity contribution in [2.24, 2.45) is 0 Å². The molecule has 0 aromatic carbocycles. The van der Waals surface area contributed by atoms with Gasteiger partial charge in [-0.2, -0.15) is 0 Å². The lowest BCUT2D eigenvalue weighted by atomic mass is 10.0. The molecule has 1 heterocycles. The van der Waals surface area contributed by atoms with Gasteiger partial charge in [0.05, 0.1) is 13.2 Å². The Bertz CT molecular complexity index is 187. The van der Waals surface area contributed by atoms with Gasteiger partial charge in [-0.15, -0.1) is 0 Å². The van der Waals surface area contributed by atoms with Crippen LogP contribution in [0.25, 0.3) is 0 Å². The Kier molecular flexibility index (Phi) is 4.05. The zero-order valence-electron chi connectivity index (χ0n) is 8.83. The Hall–Kier alpha value is -0.240. The highest BCUT2D eigenvalue weighted by Gasteiger charge is 2.47. The van der Waals surface area contributed by atoms with Crippen LogP contribution in [0.5, 0.6) is 0 Å². The molecule has 0 spiro atoms. The molecule has 1 aliphatic rings. The van der Waals surface area contributed by atoms with E-state index in [0.29, 0.717) is 0 Å². The summed E-state index contributed by atoms with van der Waals surface area (Å²) in [6.45, 7) is 2.29. The van der Waals surface area contributed by atoms with E-state index in [1.165, 1.54) is 0 Å².